The quantitative estimate of drug-likeness (QED) is 0.293. The zero-order valence-electron chi connectivity index (χ0n) is 14.7. The molecule has 4 aromatic rings. The van der Waals surface area contributed by atoms with Crippen LogP contribution in [0.2, 0.25) is 0 Å². The Hall–Kier alpha value is -3.40. The first-order valence-electron chi connectivity index (χ1n) is 8.51. The second kappa shape index (κ2) is 6.15. The Labute approximate surface area is 151 Å². The van der Waals surface area contributed by atoms with Gasteiger partial charge < -0.3 is 20.8 Å². The monoisotopic (exact) mass is 344 g/mol. The van der Waals surface area contributed by atoms with Crippen LogP contribution in [0.3, 0.4) is 0 Å². The third-order valence-electron chi connectivity index (χ3n) is 4.72. The number of anilines is 3. The first kappa shape index (κ1) is 16.1. The average Bonchev–Trinajstić information content (AvgIpc) is 2.67. The largest absolute Gasteiger partial charge is 0.507 e. The minimum absolute atomic E-state index is 0.153. The van der Waals surface area contributed by atoms with Crippen LogP contribution in [0.5, 0.6) is 11.5 Å². The van der Waals surface area contributed by atoms with Gasteiger partial charge in [0.25, 0.3) is 0 Å². The summed E-state index contributed by atoms with van der Waals surface area (Å²) in [5.41, 5.74) is 3.59. The normalized spacial score (nSPS) is 11.0. The fourth-order valence-electron chi connectivity index (χ4n) is 3.36. The summed E-state index contributed by atoms with van der Waals surface area (Å²) >= 11 is 0. The smallest absolute Gasteiger partial charge is 0.133 e. The molecule has 0 atom stereocenters. The summed E-state index contributed by atoms with van der Waals surface area (Å²) in [6, 6.07) is 19.2. The summed E-state index contributed by atoms with van der Waals surface area (Å²) in [5, 5.41) is 30.8. The van der Waals surface area contributed by atoms with Gasteiger partial charge in [-0.3, -0.25) is 0 Å². The van der Waals surface area contributed by atoms with E-state index < -0.39 is 0 Å². The number of aryl methyl sites for hydroxylation is 1. The average molecular weight is 344 g/mol. The molecule has 4 aromatic carbocycles. The third kappa shape index (κ3) is 2.47. The summed E-state index contributed by atoms with van der Waals surface area (Å²) in [4.78, 5) is 0. The Morgan fingerprint density at radius 1 is 0.692 bits per heavy atom. The van der Waals surface area contributed by atoms with Crippen LogP contribution in [-0.2, 0) is 0 Å². The Morgan fingerprint density at radius 3 is 1.81 bits per heavy atom. The minimum atomic E-state index is 0.153. The molecule has 0 aliphatic heterocycles. The van der Waals surface area contributed by atoms with Gasteiger partial charge in [0, 0.05) is 29.2 Å². The Kier molecular flexibility index (Phi) is 3.81. The van der Waals surface area contributed by atoms with Gasteiger partial charge in [-0.1, -0.05) is 42.0 Å². The highest BCUT2D eigenvalue weighted by molar-refractivity contribution is 6.18. The maximum atomic E-state index is 11.0. The Balaban J connectivity index is 2.04. The number of phenolic OH excluding ortho intramolecular Hbond substituents is 2. The second-order valence-corrected chi connectivity index (χ2v) is 6.39. The van der Waals surface area contributed by atoms with E-state index in [-0.39, 0.29) is 11.5 Å². The summed E-state index contributed by atoms with van der Waals surface area (Å²) in [6.07, 6.45) is 0. The van der Waals surface area contributed by atoms with Crippen molar-refractivity contribution in [2.45, 2.75) is 6.92 Å². The number of phenols is 2. The van der Waals surface area contributed by atoms with Gasteiger partial charge in [-0.05, 0) is 31.2 Å². The Bertz CT molecular complexity index is 1120. The zero-order chi connectivity index (χ0) is 18.3. The van der Waals surface area contributed by atoms with Crippen molar-refractivity contribution < 1.29 is 10.2 Å². The highest BCUT2D eigenvalue weighted by Gasteiger charge is 2.18. The van der Waals surface area contributed by atoms with Crippen molar-refractivity contribution in [3.05, 3.63) is 66.2 Å². The van der Waals surface area contributed by atoms with Gasteiger partial charge in [0.2, 0.25) is 0 Å². The molecule has 0 unspecified atom stereocenters. The van der Waals surface area contributed by atoms with Crippen molar-refractivity contribution in [2.24, 2.45) is 0 Å². The van der Waals surface area contributed by atoms with Crippen LogP contribution in [0.1, 0.15) is 5.56 Å². The van der Waals surface area contributed by atoms with E-state index in [1.165, 1.54) is 5.56 Å². The molecular formula is C22H20N2O2. The van der Waals surface area contributed by atoms with Crippen molar-refractivity contribution in [2.75, 3.05) is 17.7 Å². The molecule has 4 N–H and O–H groups in total. The Morgan fingerprint density at radius 2 is 1.23 bits per heavy atom. The predicted octanol–water partition coefficient (Wildman–Crippen LogP) is 5.50. The molecule has 0 bridgehead atoms. The van der Waals surface area contributed by atoms with Gasteiger partial charge >= 0.3 is 0 Å². The molecule has 0 aromatic heterocycles. The zero-order valence-corrected chi connectivity index (χ0v) is 14.7. The topological polar surface area (TPSA) is 64.5 Å². The first-order chi connectivity index (χ1) is 12.6. The molecule has 4 nitrogen and oxygen atoms in total. The number of aromatic hydroxyl groups is 2. The van der Waals surface area contributed by atoms with Gasteiger partial charge in [0.15, 0.2) is 0 Å². The molecule has 26 heavy (non-hydrogen) atoms. The molecule has 130 valence electrons. The van der Waals surface area contributed by atoms with Crippen molar-refractivity contribution in [3.8, 4) is 11.5 Å². The van der Waals surface area contributed by atoms with Crippen LogP contribution in [-0.4, -0.2) is 17.3 Å². The molecule has 0 amide bonds. The number of hydrogen-bond acceptors (Lipinski definition) is 4. The van der Waals surface area contributed by atoms with Gasteiger partial charge in [-0.15, -0.1) is 0 Å². The van der Waals surface area contributed by atoms with Crippen LogP contribution < -0.4 is 10.6 Å². The van der Waals surface area contributed by atoms with Crippen LogP contribution >= 0.6 is 0 Å². The van der Waals surface area contributed by atoms with Crippen molar-refractivity contribution in [3.63, 3.8) is 0 Å². The van der Waals surface area contributed by atoms with Crippen molar-refractivity contribution in [1.82, 2.24) is 0 Å². The van der Waals surface area contributed by atoms with E-state index in [2.05, 4.69) is 10.6 Å². The fraction of sp³-hybridized carbons (Fsp3) is 0.0909. The molecule has 0 fully saturated rings. The van der Waals surface area contributed by atoms with E-state index in [4.69, 9.17) is 0 Å². The van der Waals surface area contributed by atoms with Crippen molar-refractivity contribution >= 4 is 38.6 Å². The summed E-state index contributed by atoms with van der Waals surface area (Å²) < 4.78 is 0. The third-order valence-corrected chi connectivity index (χ3v) is 4.72. The molecule has 0 saturated carbocycles. The molecule has 0 radical (unpaired) electrons. The maximum absolute atomic E-state index is 11.0. The van der Waals surface area contributed by atoms with Gasteiger partial charge in [0.1, 0.15) is 11.5 Å². The van der Waals surface area contributed by atoms with Gasteiger partial charge in [0.05, 0.1) is 16.5 Å². The summed E-state index contributed by atoms with van der Waals surface area (Å²) in [5.74, 6) is 0.311. The standard InChI is InChI=1S/C22H20N2O2/c1-13-7-9-14(10-8-13)24-18-12-11-17(23-2)19-20(18)22(26)16-6-4-3-5-15(16)21(19)25/h3-12,23-26H,1-2H3. The van der Waals surface area contributed by atoms with E-state index in [9.17, 15) is 10.2 Å². The summed E-state index contributed by atoms with van der Waals surface area (Å²) in [6.45, 7) is 2.04. The fourth-order valence-corrected chi connectivity index (χ4v) is 3.36. The number of nitrogens with one attached hydrogen (secondary N) is 2. The predicted molar refractivity (Wildman–Crippen MR) is 109 cm³/mol. The highest BCUT2D eigenvalue weighted by Crippen LogP contribution is 2.47. The molecule has 0 aliphatic carbocycles. The molecule has 4 rings (SSSR count). The number of fused-ring (bicyclic) bond motifs is 2. The summed E-state index contributed by atoms with van der Waals surface area (Å²) in [7, 11) is 1.80. The number of rotatable bonds is 3. The van der Waals surface area contributed by atoms with Crippen LogP contribution in [0, 0.1) is 6.92 Å². The SMILES string of the molecule is CNc1ccc(Nc2ccc(C)cc2)c2c(O)c3ccccc3c(O)c12. The minimum Gasteiger partial charge on any atom is -0.507 e. The van der Waals surface area contributed by atoms with Crippen LogP contribution in [0.15, 0.2) is 60.7 Å². The van der Waals surface area contributed by atoms with Crippen molar-refractivity contribution in [1.29, 1.82) is 0 Å². The highest BCUT2D eigenvalue weighted by atomic mass is 16.3. The number of benzene rings is 4. The van der Waals surface area contributed by atoms with E-state index in [0.29, 0.717) is 21.5 Å². The molecule has 0 heterocycles. The van der Waals surface area contributed by atoms with Gasteiger partial charge in [-0.2, -0.15) is 0 Å². The molecule has 0 spiro atoms. The lowest BCUT2D eigenvalue weighted by Gasteiger charge is -2.17. The second-order valence-electron chi connectivity index (χ2n) is 6.39. The molecule has 0 aliphatic rings. The first-order valence-corrected chi connectivity index (χ1v) is 8.51. The maximum Gasteiger partial charge on any atom is 0.133 e. The van der Waals surface area contributed by atoms with E-state index in [1.54, 1.807) is 7.05 Å². The lowest BCUT2D eigenvalue weighted by molar-refractivity contribution is 0.479. The van der Waals surface area contributed by atoms with E-state index in [0.717, 1.165) is 17.1 Å². The van der Waals surface area contributed by atoms with Crippen LogP contribution in [0.4, 0.5) is 17.1 Å². The molecule has 4 heteroatoms. The van der Waals surface area contributed by atoms with E-state index in [1.807, 2.05) is 67.6 Å². The molecule has 0 saturated heterocycles. The number of hydrogen-bond donors (Lipinski definition) is 4. The lowest BCUT2D eigenvalue weighted by atomic mass is 9.98. The lowest BCUT2D eigenvalue weighted by Crippen LogP contribution is -1.96. The van der Waals surface area contributed by atoms with E-state index >= 15 is 0 Å². The van der Waals surface area contributed by atoms with Crippen LogP contribution in [0.25, 0.3) is 21.5 Å². The molecular weight excluding hydrogens is 324 g/mol. The van der Waals surface area contributed by atoms with Gasteiger partial charge in [-0.25, -0.2) is 0 Å².